The third-order valence-corrected chi connectivity index (χ3v) is 6.74. The smallest absolute Gasteiger partial charge is 0.276 e. The molecule has 6 nitrogen and oxygen atoms in total. The van der Waals surface area contributed by atoms with Crippen LogP contribution in [0.5, 0.6) is 0 Å². The molecule has 3 aromatic rings. The highest BCUT2D eigenvalue weighted by atomic mass is 32.1. The molecule has 1 aliphatic carbocycles. The van der Waals surface area contributed by atoms with Gasteiger partial charge in [0, 0.05) is 12.6 Å². The Labute approximate surface area is 203 Å². The van der Waals surface area contributed by atoms with Gasteiger partial charge in [-0.1, -0.05) is 61.2 Å². The molecule has 1 N–H and O–H groups in total. The number of hydrogen-bond donors (Lipinski definition) is 1. The molecule has 34 heavy (non-hydrogen) atoms. The molecular weight excluding hydrogens is 451 g/mol. The van der Waals surface area contributed by atoms with E-state index in [1.165, 1.54) is 24.8 Å². The molecule has 1 fully saturated rings. The zero-order chi connectivity index (χ0) is 23.9. The van der Waals surface area contributed by atoms with Gasteiger partial charge in [0.05, 0.1) is 17.9 Å². The van der Waals surface area contributed by atoms with Gasteiger partial charge in [-0.2, -0.15) is 8.75 Å². The Balaban J connectivity index is 1.67. The van der Waals surface area contributed by atoms with Gasteiger partial charge in [0.15, 0.2) is 5.69 Å². The number of nitrogens with one attached hydrogen (secondary N) is 1. The molecule has 1 atom stereocenters. The van der Waals surface area contributed by atoms with Crippen molar-refractivity contribution in [1.82, 2.24) is 19.0 Å². The first-order chi connectivity index (χ1) is 16.5. The van der Waals surface area contributed by atoms with E-state index in [1.54, 1.807) is 17.0 Å². The van der Waals surface area contributed by atoms with Crippen molar-refractivity contribution in [3.05, 3.63) is 82.9 Å². The summed E-state index contributed by atoms with van der Waals surface area (Å²) < 4.78 is 21.8. The highest BCUT2D eigenvalue weighted by molar-refractivity contribution is 6.99. The van der Waals surface area contributed by atoms with Gasteiger partial charge in [0.25, 0.3) is 5.91 Å². The summed E-state index contributed by atoms with van der Waals surface area (Å²) in [6.45, 7) is 2.33. The van der Waals surface area contributed by atoms with E-state index in [9.17, 15) is 14.0 Å². The molecule has 1 saturated carbocycles. The maximum atomic E-state index is 13.7. The van der Waals surface area contributed by atoms with Crippen molar-refractivity contribution in [3.8, 4) is 0 Å². The average molecular weight is 481 g/mol. The van der Waals surface area contributed by atoms with Crippen LogP contribution < -0.4 is 5.32 Å². The molecule has 1 aromatic heterocycles. The predicted octanol–water partition coefficient (Wildman–Crippen LogP) is 4.86. The van der Waals surface area contributed by atoms with Crippen molar-refractivity contribution in [2.45, 2.75) is 57.5 Å². The van der Waals surface area contributed by atoms with Crippen LogP contribution in [0.4, 0.5) is 4.39 Å². The Morgan fingerprint density at radius 2 is 1.91 bits per heavy atom. The first-order valence-electron chi connectivity index (χ1n) is 11.7. The molecule has 0 bridgehead atoms. The molecule has 4 rings (SSSR count). The van der Waals surface area contributed by atoms with Crippen molar-refractivity contribution in [2.75, 3.05) is 6.54 Å². The van der Waals surface area contributed by atoms with Gasteiger partial charge in [-0.25, -0.2) is 4.39 Å². The van der Waals surface area contributed by atoms with Gasteiger partial charge in [0.1, 0.15) is 11.9 Å². The quantitative estimate of drug-likeness (QED) is 0.500. The SMILES string of the molecule is Cc1cccc(CCN(C(=O)c2cnsn2)C(C(=O)NC2CCCCC2)c2ccc(F)cc2)c1. The lowest BCUT2D eigenvalue weighted by molar-refractivity contribution is -0.126. The summed E-state index contributed by atoms with van der Waals surface area (Å²) in [6, 6.07) is 13.1. The van der Waals surface area contributed by atoms with E-state index in [-0.39, 0.29) is 23.6 Å². The minimum absolute atomic E-state index is 0.0823. The Kier molecular flexibility index (Phi) is 8.00. The summed E-state index contributed by atoms with van der Waals surface area (Å²) in [7, 11) is 0. The largest absolute Gasteiger partial charge is 0.351 e. The van der Waals surface area contributed by atoms with Crippen molar-refractivity contribution in [2.24, 2.45) is 0 Å². The van der Waals surface area contributed by atoms with Gasteiger partial charge in [-0.3, -0.25) is 9.59 Å². The Morgan fingerprint density at radius 1 is 1.15 bits per heavy atom. The molecule has 0 spiro atoms. The van der Waals surface area contributed by atoms with Gasteiger partial charge < -0.3 is 10.2 Å². The second kappa shape index (κ2) is 11.3. The van der Waals surface area contributed by atoms with E-state index in [0.29, 0.717) is 18.5 Å². The van der Waals surface area contributed by atoms with E-state index in [4.69, 9.17) is 0 Å². The zero-order valence-electron chi connectivity index (χ0n) is 19.2. The second-order valence-electron chi connectivity index (χ2n) is 8.83. The summed E-state index contributed by atoms with van der Waals surface area (Å²) in [6.07, 6.45) is 7.17. The average Bonchev–Trinajstić information content (AvgIpc) is 3.38. The number of halogens is 1. The number of carbonyl (C=O) groups is 2. The summed E-state index contributed by atoms with van der Waals surface area (Å²) in [4.78, 5) is 28.7. The Bertz CT molecular complexity index is 1100. The number of carbonyl (C=O) groups excluding carboxylic acids is 2. The van der Waals surface area contributed by atoms with Crippen molar-refractivity contribution >= 4 is 23.5 Å². The predicted molar refractivity (Wildman–Crippen MR) is 130 cm³/mol. The van der Waals surface area contributed by atoms with E-state index < -0.39 is 11.9 Å². The summed E-state index contributed by atoms with van der Waals surface area (Å²) in [5, 5.41) is 3.16. The van der Waals surface area contributed by atoms with Crippen molar-refractivity contribution in [1.29, 1.82) is 0 Å². The van der Waals surface area contributed by atoms with Crippen LogP contribution in [0.1, 0.15) is 65.3 Å². The first kappa shape index (κ1) is 24.0. The van der Waals surface area contributed by atoms with E-state index in [1.807, 2.05) is 25.1 Å². The summed E-state index contributed by atoms with van der Waals surface area (Å²) >= 11 is 0.950. The fourth-order valence-corrected chi connectivity index (χ4v) is 4.92. The lowest BCUT2D eigenvalue weighted by atomic mass is 9.94. The highest BCUT2D eigenvalue weighted by Crippen LogP contribution is 2.26. The number of rotatable bonds is 8. The van der Waals surface area contributed by atoms with E-state index in [2.05, 4.69) is 20.1 Å². The zero-order valence-corrected chi connectivity index (χ0v) is 20.1. The van der Waals surface area contributed by atoms with Gasteiger partial charge in [-0.15, -0.1) is 0 Å². The first-order valence-corrected chi connectivity index (χ1v) is 12.4. The van der Waals surface area contributed by atoms with Crippen LogP contribution in [0.25, 0.3) is 0 Å². The minimum atomic E-state index is -0.901. The van der Waals surface area contributed by atoms with Crippen LogP contribution in [-0.4, -0.2) is 38.0 Å². The fourth-order valence-electron chi connectivity index (χ4n) is 4.52. The fraction of sp³-hybridized carbons (Fsp3) is 0.385. The Hall–Kier alpha value is -3.13. The third kappa shape index (κ3) is 6.05. The molecule has 2 amide bonds. The lowest BCUT2D eigenvalue weighted by Crippen LogP contribution is -2.47. The second-order valence-corrected chi connectivity index (χ2v) is 9.38. The molecule has 2 aromatic carbocycles. The number of hydrogen-bond acceptors (Lipinski definition) is 5. The summed E-state index contributed by atoms with van der Waals surface area (Å²) in [5.41, 5.74) is 2.96. The van der Waals surface area contributed by atoms with Crippen molar-refractivity contribution in [3.63, 3.8) is 0 Å². The van der Waals surface area contributed by atoms with Gasteiger partial charge in [0.2, 0.25) is 5.91 Å². The van der Waals surface area contributed by atoms with Crippen molar-refractivity contribution < 1.29 is 14.0 Å². The normalized spacial score (nSPS) is 15.0. The number of aromatic nitrogens is 2. The number of nitrogens with zero attached hydrogens (tertiary/aromatic N) is 3. The standard InChI is InChI=1S/C26H29FN4O2S/c1-18-6-5-7-19(16-18)14-15-31(26(33)23-17-28-34-30-23)24(20-10-12-21(27)13-11-20)25(32)29-22-8-3-2-4-9-22/h5-7,10-13,16-17,22,24H,2-4,8-9,14-15H2,1H3,(H,29,32). The lowest BCUT2D eigenvalue weighted by Gasteiger charge is -2.33. The molecule has 0 aliphatic heterocycles. The molecule has 1 unspecified atom stereocenters. The van der Waals surface area contributed by atoms with Crippen LogP contribution in [0.3, 0.4) is 0 Å². The van der Waals surface area contributed by atoms with Gasteiger partial charge >= 0.3 is 0 Å². The van der Waals surface area contributed by atoms with Crippen LogP contribution in [0.2, 0.25) is 0 Å². The maximum absolute atomic E-state index is 13.7. The molecule has 8 heteroatoms. The third-order valence-electron chi connectivity index (χ3n) is 6.26. The Morgan fingerprint density at radius 3 is 2.59 bits per heavy atom. The van der Waals surface area contributed by atoms with E-state index >= 15 is 0 Å². The van der Waals surface area contributed by atoms with Gasteiger partial charge in [-0.05, 0) is 49.4 Å². The van der Waals surface area contributed by atoms with Crippen LogP contribution in [-0.2, 0) is 11.2 Å². The summed E-state index contributed by atoms with van der Waals surface area (Å²) in [5.74, 6) is -1.01. The number of benzene rings is 2. The van der Waals surface area contributed by atoms with Crippen LogP contribution in [0, 0.1) is 12.7 Å². The maximum Gasteiger partial charge on any atom is 0.276 e. The molecule has 1 heterocycles. The molecule has 1 aliphatic rings. The minimum Gasteiger partial charge on any atom is -0.351 e. The number of aryl methyl sites for hydroxylation is 1. The topological polar surface area (TPSA) is 75.2 Å². The molecule has 0 radical (unpaired) electrons. The molecule has 0 saturated heterocycles. The number of amides is 2. The van der Waals surface area contributed by atoms with Crippen LogP contribution >= 0.6 is 11.7 Å². The van der Waals surface area contributed by atoms with E-state index in [0.717, 1.165) is 48.5 Å². The molecule has 178 valence electrons. The highest BCUT2D eigenvalue weighted by Gasteiger charge is 2.34. The molecular formula is C26H29FN4O2S. The monoisotopic (exact) mass is 480 g/mol. The van der Waals surface area contributed by atoms with Crippen LogP contribution in [0.15, 0.2) is 54.7 Å².